The van der Waals surface area contributed by atoms with Gasteiger partial charge in [-0.1, -0.05) is 19.9 Å². The summed E-state index contributed by atoms with van der Waals surface area (Å²) >= 11 is 0. The number of nitrogens with zero attached hydrogens (tertiary/aromatic N) is 4. The van der Waals surface area contributed by atoms with Crippen LogP contribution in [-0.2, 0) is 6.42 Å². The Hall–Kier alpha value is -2.04. The largest absolute Gasteiger partial charge is 0.357 e. The molecule has 2 aromatic heterocycles. The average Bonchev–Trinajstić information content (AvgIpc) is 3.09. The lowest BCUT2D eigenvalue weighted by atomic mass is 9.93. The van der Waals surface area contributed by atoms with E-state index in [-0.39, 0.29) is 0 Å². The minimum Gasteiger partial charge on any atom is -0.357 e. The first-order valence-corrected chi connectivity index (χ1v) is 8.53. The molecule has 0 bridgehead atoms. The van der Waals surface area contributed by atoms with Crippen molar-refractivity contribution in [1.29, 1.82) is 0 Å². The minimum absolute atomic E-state index is 0.387. The standard InChI is InChI=1S/C18H27N5/c1-4-19-17(23-12-9-18(2,3)14-23)20-10-8-15-13-22-11-6-5-7-16(22)21-15/h5-7,11,13H,4,8-10,12,14H2,1-3H3,(H,19,20). The number of aromatic nitrogens is 2. The van der Waals surface area contributed by atoms with Crippen LogP contribution in [0.5, 0.6) is 0 Å². The Labute approximate surface area is 138 Å². The highest BCUT2D eigenvalue weighted by Crippen LogP contribution is 2.28. The van der Waals surface area contributed by atoms with Crippen LogP contribution in [0.25, 0.3) is 5.65 Å². The molecule has 1 aliphatic heterocycles. The lowest BCUT2D eigenvalue weighted by molar-refractivity contribution is 0.370. The Morgan fingerprint density at radius 2 is 2.26 bits per heavy atom. The quantitative estimate of drug-likeness (QED) is 0.697. The van der Waals surface area contributed by atoms with E-state index in [1.165, 1.54) is 6.42 Å². The normalized spacial score (nSPS) is 17.9. The third-order valence-corrected chi connectivity index (χ3v) is 4.36. The summed E-state index contributed by atoms with van der Waals surface area (Å²) in [5.41, 5.74) is 2.48. The molecule has 1 saturated heterocycles. The van der Waals surface area contributed by atoms with Gasteiger partial charge in [-0.2, -0.15) is 0 Å². The summed E-state index contributed by atoms with van der Waals surface area (Å²) in [7, 11) is 0. The van der Waals surface area contributed by atoms with Crippen LogP contribution in [0.15, 0.2) is 35.6 Å². The van der Waals surface area contributed by atoms with E-state index in [4.69, 9.17) is 4.99 Å². The van der Waals surface area contributed by atoms with Crippen LogP contribution in [-0.4, -0.2) is 46.4 Å². The average molecular weight is 313 g/mol. The number of hydrogen-bond acceptors (Lipinski definition) is 2. The highest BCUT2D eigenvalue weighted by molar-refractivity contribution is 5.80. The number of fused-ring (bicyclic) bond motifs is 1. The van der Waals surface area contributed by atoms with Crippen molar-refractivity contribution < 1.29 is 0 Å². The maximum atomic E-state index is 4.81. The molecule has 0 spiro atoms. The van der Waals surface area contributed by atoms with Crippen LogP contribution < -0.4 is 5.32 Å². The van der Waals surface area contributed by atoms with Gasteiger partial charge in [0.15, 0.2) is 5.96 Å². The molecule has 1 N–H and O–H groups in total. The number of hydrogen-bond donors (Lipinski definition) is 1. The van der Waals surface area contributed by atoms with Gasteiger partial charge >= 0.3 is 0 Å². The third-order valence-electron chi connectivity index (χ3n) is 4.36. The van der Waals surface area contributed by atoms with E-state index in [1.54, 1.807) is 0 Å². The monoisotopic (exact) mass is 313 g/mol. The lowest BCUT2D eigenvalue weighted by Crippen LogP contribution is -2.40. The second-order valence-corrected chi connectivity index (χ2v) is 7.02. The Balaban J connectivity index is 1.64. The molecule has 0 atom stereocenters. The second-order valence-electron chi connectivity index (χ2n) is 7.02. The van der Waals surface area contributed by atoms with Crippen molar-refractivity contribution in [3.63, 3.8) is 0 Å². The van der Waals surface area contributed by atoms with Crippen molar-refractivity contribution in [3.05, 3.63) is 36.3 Å². The maximum absolute atomic E-state index is 4.81. The first-order valence-electron chi connectivity index (χ1n) is 8.53. The summed E-state index contributed by atoms with van der Waals surface area (Å²) in [6.07, 6.45) is 6.22. The number of imidazole rings is 1. The van der Waals surface area contributed by atoms with Gasteiger partial charge in [0.05, 0.1) is 5.69 Å². The van der Waals surface area contributed by atoms with E-state index in [2.05, 4.69) is 46.6 Å². The zero-order valence-electron chi connectivity index (χ0n) is 14.4. The number of aliphatic imine (C=N–C) groups is 1. The van der Waals surface area contributed by atoms with Gasteiger partial charge in [0.2, 0.25) is 0 Å². The van der Waals surface area contributed by atoms with Crippen LogP contribution in [0, 0.1) is 5.41 Å². The second kappa shape index (κ2) is 6.60. The number of guanidine groups is 1. The van der Waals surface area contributed by atoms with Gasteiger partial charge in [-0.05, 0) is 30.9 Å². The molecule has 1 aliphatic rings. The summed E-state index contributed by atoms with van der Waals surface area (Å²) in [5.74, 6) is 1.04. The van der Waals surface area contributed by atoms with Gasteiger partial charge in [0.1, 0.15) is 5.65 Å². The SMILES string of the molecule is CCNC(=NCCc1cn2ccccc2n1)N1CCC(C)(C)C1. The molecule has 3 heterocycles. The zero-order chi connectivity index (χ0) is 16.3. The Kier molecular flexibility index (Phi) is 4.55. The molecule has 5 nitrogen and oxygen atoms in total. The molecule has 5 heteroatoms. The summed E-state index contributed by atoms with van der Waals surface area (Å²) in [5, 5.41) is 3.43. The van der Waals surface area contributed by atoms with Gasteiger partial charge in [-0.15, -0.1) is 0 Å². The molecule has 2 aromatic rings. The van der Waals surface area contributed by atoms with Crippen molar-refractivity contribution in [1.82, 2.24) is 19.6 Å². The summed E-state index contributed by atoms with van der Waals surface area (Å²) in [6.45, 7) is 10.6. The van der Waals surface area contributed by atoms with Crippen LogP contribution in [0.1, 0.15) is 32.9 Å². The summed E-state index contributed by atoms with van der Waals surface area (Å²) < 4.78 is 2.06. The van der Waals surface area contributed by atoms with Crippen LogP contribution in [0.4, 0.5) is 0 Å². The fraction of sp³-hybridized carbons (Fsp3) is 0.556. The van der Waals surface area contributed by atoms with Crippen molar-refractivity contribution in [2.45, 2.75) is 33.6 Å². The first-order chi connectivity index (χ1) is 11.1. The Morgan fingerprint density at radius 3 is 2.96 bits per heavy atom. The van der Waals surface area contributed by atoms with Crippen molar-refractivity contribution in [2.24, 2.45) is 10.4 Å². The molecule has 0 saturated carbocycles. The number of pyridine rings is 1. The predicted octanol–water partition coefficient (Wildman–Crippen LogP) is 2.57. The van der Waals surface area contributed by atoms with Gasteiger partial charge in [0, 0.05) is 45.0 Å². The van der Waals surface area contributed by atoms with Gasteiger partial charge in [-0.3, -0.25) is 4.99 Å². The highest BCUT2D eigenvalue weighted by Gasteiger charge is 2.30. The fourth-order valence-electron chi connectivity index (χ4n) is 3.10. The highest BCUT2D eigenvalue weighted by atomic mass is 15.3. The molecular weight excluding hydrogens is 286 g/mol. The van der Waals surface area contributed by atoms with Gasteiger partial charge in [-0.25, -0.2) is 4.98 Å². The molecule has 3 rings (SSSR count). The molecule has 0 amide bonds. The van der Waals surface area contributed by atoms with Crippen LogP contribution in [0.3, 0.4) is 0 Å². The Morgan fingerprint density at radius 1 is 1.39 bits per heavy atom. The van der Waals surface area contributed by atoms with Gasteiger partial charge < -0.3 is 14.6 Å². The van der Waals surface area contributed by atoms with Crippen LogP contribution >= 0.6 is 0 Å². The molecular formula is C18H27N5. The molecule has 0 radical (unpaired) electrons. The number of nitrogens with one attached hydrogen (secondary N) is 1. The van der Waals surface area contributed by atoms with Crippen molar-refractivity contribution >= 4 is 11.6 Å². The number of likely N-dealkylation sites (tertiary alicyclic amines) is 1. The van der Waals surface area contributed by atoms with Crippen molar-refractivity contribution in [3.8, 4) is 0 Å². The predicted molar refractivity (Wildman–Crippen MR) is 94.8 cm³/mol. The van der Waals surface area contributed by atoms with Crippen molar-refractivity contribution in [2.75, 3.05) is 26.2 Å². The minimum atomic E-state index is 0.387. The Bertz CT molecular complexity index is 653. The molecule has 0 aliphatic carbocycles. The molecule has 124 valence electrons. The third kappa shape index (κ3) is 3.84. The molecule has 1 fully saturated rings. The van der Waals surface area contributed by atoms with E-state index in [0.717, 1.165) is 49.9 Å². The molecule has 23 heavy (non-hydrogen) atoms. The summed E-state index contributed by atoms with van der Waals surface area (Å²) in [6, 6.07) is 6.07. The fourth-order valence-corrected chi connectivity index (χ4v) is 3.10. The first kappa shape index (κ1) is 15.8. The smallest absolute Gasteiger partial charge is 0.193 e. The van der Waals surface area contributed by atoms with E-state index in [1.807, 2.05) is 24.4 Å². The maximum Gasteiger partial charge on any atom is 0.193 e. The number of rotatable bonds is 4. The lowest BCUT2D eigenvalue weighted by Gasteiger charge is -2.23. The zero-order valence-corrected chi connectivity index (χ0v) is 14.4. The van der Waals surface area contributed by atoms with Crippen LogP contribution in [0.2, 0.25) is 0 Å². The van der Waals surface area contributed by atoms with E-state index >= 15 is 0 Å². The van der Waals surface area contributed by atoms with E-state index in [9.17, 15) is 0 Å². The topological polar surface area (TPSA) is 44.9 Å². The van der Waals surface area contributed by atoms with E-state index in [0.29, 0.717) is 5.41 Å². The van der Waals surface area contributed by atoms with E-state index < -0.39 is 0 Å². The molecule has 0 unspecified atom stereocenters. The summed E-state index contributed by atoms with van der Waals surface area (Å²) in [4.78, 5) is 11.8. The molecule has 0 aromatic carbocycles. The van der Waals surface area contributed by atoms with Gasteiger partial charge in [0.25, 0.3) is 0 Å².